The minimum Gasteiger partial charge on any atom is -0.367 e. The lowest BCUT2D eigenvalue weighted by molar-refractivity contribution is -0.121. The quantitative estimate of drug-likeness (QED) is 0.615. The summed E-state index contributed by atoms with van der Waals surface area (Å²) in [5.74, 6) is 0.208. The van der Waals surface area contributed by atoms with E-state index in [1.54, 1.807) is 6.21 Å². The Bertz CT molecular complexity index is 630. The minimum atomic E-state index is -0.357. The summed E-state index contributed by atoms with van der Waals surface area (Å²) in [4.78, 5) is 11.6. The highest BCUT2D eigenvalue weighted by Gasteiger charge is 2.06. The smallest absolute Gasteiger partial charge is 0.261 e. The van der Waals surface area contributed by atoms with Gasteiger partial charge in [0.1, 0.15) is 6.54 Å². The third-order valence-electron chi connectivity index (χ3n) is 2.86. The van der Waals surface area contributed by atoms with Crippen LogP contribution in [0.3, 0.4) is 0 Å². The number of anilines is 1. The van der Waals surface area contributed by atoms with Crippen molar-refractivity contribution in [1.82, 2.24) is 25.6 Å². The second kappa shape index (κ2) is 6.60. The number of benzene rings is 1. The van der Waals surface area contributed by atoms with Gasteiger partial charge < -0.3 is 5.73 Å². The first-order chi connectivity index (χ1) is 10.1. The molecule has 0 bridgehead atoms. The van der Waals surface area contributed by atoms with Gasteiger partial charge in [0.2, 0.25) is 5.95 Å². The third kappa shape index (κ3) is 4.10. The molecule has 21 heavy (non-hydrogen) atoms. The molecule has 8 heteroatoms. The van der Waals surface area contributed by atoms with Crippen LogP contribution in [0, 0.1) is 0 Å². The molecule has 110 valence electrons. The zero-order valence-corrected chi connectivity index (χ0v) is 11.9. The van der Waals surface area contributed by atoms with Crippen molar-refractivity contribution in [3.8, 4) is 0 Å². The van der Waals surface area contributed by atoms with Crippen molar-refractivity contribution in [1.29, 1.82) is 0 Å². The van der Waals surface area contributed by atoms with Crippen molar-refractivity contribution >= 4 is 18.1 Å². The number of hydrogen-bond donors (Lipinski definition) is 2. The molecule has 0 spiro atoms. The molecule has 1 heterocycles. The number of carbonyl (C=O) groups excluding carboxylic acids is 1. The van der Waals surface area contributed by atoms with Crippen LogP contribution < -0.4 is 11.2 Å². The lowest BCUT2D eigenvalue weighted by atomic mass is 10.0. The van der Waals surface area contributed by atoms with E-state index in [9.17, 15) is 4.79 Å². The number of hydrazone groups is 1. The van der Waals surface area contributed by atoms with Crippen molar-refractivity contribution in [2.24, 2.45) is 5.10 Å². The summed E-state index contributed by atoms with van der Waals surface area (Å²) in [5.41, 5.74) is 10.0. The highest BCUT2D eigenvalue weighted by Crippen LogP contribution is 2.13. The Hall–Kier alpha value is -2.77. The topological polar surface area (TPSA) is 111 Å². The molecule has 3 N–H and O–H groups in total. The summed E-state index contributed by atoms with van der Waals surface area (Å²) >= 11 is 0. The number of nitrogen functional groups attached to an aromatic ring is 1. The molecule has 0 unspecified atom stereocenters. The van der Waals surface area contributed by atoms with E-state index in [0.29, 0.717) is 5.92 Å². The fourth-order valence-electron chi connectivity index (χ4n) is 1.64. The minimum absolute atomic E-state index is 0.0809. The normalized spacial score (nSPS) is 11.2. The summed E-state index contributed by atoms with van der Waals surface area (Å²) in [7, 11) is 0. The molecule has 8 nitrogen and oxygen atoms in total. The van der Waals surface area contributed by atoms with Crippen LogP contribution in [0.2, 0.25) is 0 Å². The first-order valence-corrected chi connectivity index (χ1v) is 6.50. The number of tetrazole rings is 1. The molecule has 0 aliphatic carbocycles. The summed E-state index contributed by atoms with van der Waals surface area (Å²) in [6, 6.07) is 7.97. The summed E-state index contributed by atoms with van der Waals surface area (Å²) in [6.07, 6.45) is 1.57. The Morgan fingerprint density at radius 1 is 1.43 bits per heavy atom. The summed E-state index contributed by atoms with van der Waals surface area (Å²) in [5, 5.41) is 14.3. The number of carbonyl (C=O) groups is 1. The van der Waals surface area contributed by atoms with Crippen LogP contribution in [0.15, 0.2) is 29.4 Å². The zero-order valence-electron chi connectivity index (χ0n) is 11.9. The van der Waals surface area contributed by atoms with Crippen LogP contribution in [-0.4, -0.2) is 32.3 Å². The molecule has 0 atom stereocenters. The number of nitrogens with one attached hydrogen (secondary N) is 1. The van der Waals surface area contributed by atoms with Gasteiger partial charge >= 0.3 is 0 Å². The highest BCUT2D eigenvalue weighted by atomic mass is 16.2. The maximum atomic E-state index is 11.6. The van der Waals surface area contributed by atoms with Gasteiger partial charge in [-0.05, 0) is 27.5 Å². The number of nitrogens with two attached hydrogens (primary N) is 1. The van der Waals surface area contributed by atoms with E-state index < -0.39 is 0 Å². The predicted molar refractivity (Wildman–Crippen MR) is 78.5 cm³/mol. The van der Waals surface area contributed by atoms with E-state index in [1.165, 1.54) is 10.2 Å². The summed E-state index contributed by atoms with van der Waals surface area (Å²) < 4.78 is 1.18. The van der Waals surface area contributed by atoms with Gasteiger partial charge in [0, 0.05) is 0 Å². The molecule has 1 aromatic carbocycles. The van der Waals surface area contributed by atoms with Gasteiger partial charge in [0.25, 0.3) is 5.91 Å². The first kappa shape index (κ1) is 14.6. The van der Waals surface area contributed by atoms with E-state index in [4.69, 9.17) is 5.73 Å². The van der Waals surface area contributed by atoms with E-state index in [-0.39, 0.29) is 18.4 Å². The number of aromatic nitrogens is 4. The Morgan fingerprint density at radius 3 is 2.71 bits per heavy atom. The highest BCUT2D eigenvalue weighted by molar-refractivity contribution is 5.82. The van der Waals surface area contributed by atoms with Crippen molar-refractivity contribution < 1.29 is 4.79 Å². The average molecular weight is 287 g/mol. The molecule has 0 saturated carbocycles. The number of rotatable bonds is 5. The lowest BCUT2D eigenvalue weighted by Crippen LogP contribution is -2.24. The Morgan fingerprint density at radius 2 is 2.14 bits per heavy atom. The Kier molecular flexibility index (Phi) is 4.60. The number of hydrogen-bond acceptors (Lipinski definition) is 6. The van der Waals surface area contributed by atoms with Crippen molar-refractivity contribution in [2.45, 2.75) is 26.3 Å². The maximum Gasteiger partial charge on any atom is 0.261 e. The van der Waals surface area contributed by atoms with Gasteiger partial charge in [-0.25, -0.2) is 10.1 Å². The van der Waals surface area contributed by atoms with E-state index in [0.717, 1.165) is 5.56 Å². The molecular formula is C13H17N7O. The largest absolute Gasteiger partial charge is 0.367 e. The van der Waals surface area contributed by atoms with E-state index in [1.807, 2.05) is 24.3 Å². The van der Waals surface area contributed by atoms with Crippen LogP contribution >= 0.6 is 0 Å². The molecule has 0 aliphatic rings. The lowest BCUT2D eigenvalue weighted by Gasteiger charge is -2.04. The molecule has 1 aromatic heterocycles. The van der Waals surface area contributed by atoms with Crippen molar-refractivity contribution in [3.05, 3.63) is 35.4 Å². The van der Waals surface area contributed by atoms with Gasteiger partial charge in [0.15, 0.2) is 0 Å². The number of nitrogens with zero attached hydrogens (tertiary/aromatic N) is 5. The number of amides is 1. The summed E-state index contributed by atoms with van der Waals surface area (Å²) in [6.45, 7) is 4.19. The van der Waals surface area contributed by atoms with E-state index in [2.05, 4.69) is 39.9 Å². The van der Waals surface area contributed by atoms with Crippen LogP contribution in [0.1, 0.15) is 30.9 Å². The van der Waals surface area contributed by atoms with Crippen LogP contribution in [0.4, 0.5) is 5.95 Å². The second-order valence-corrected chi connectivity index (χ2v) is 4.81. The molecule has 1 amide bonds. The molecule has 2 aromatic rings. The monoisotopic (exact) mass is 287 g/mol. The first-order valence-electron chi connectivity index (χ1n) is 6.50. The molecule has 0 aliphatic heterocycles. The second-order valence-electron chi connectivity index (χ2n) is 4.81. The SMILES string of the molecule is CC(C)c1ccc(C=NNC(=O)Cn2nnnc2N)cc1. The molecule has 0 fully saturated rings. The predicted octanol–water partition coefficient (Wildman–Crippen LogP) is 0.529. The van der Waals surface area contributed by atoms with Gasteiger partial charge in [-0.1, -0.05) is 43.2 Å². The fourth-order valence-corrected chi connectivity index (χ4v) is 1.64. The van der Waals surface area contributed by atoms with Gasteiger partial charge in [-0.15, -0.1) is 0 Å². The van der Waals surface area contributed by atoms with Crippen LogP contribution in [-0.2, 0) is 11.3 Å². The van der Waals surface area contributed by atoms with Crippen LogP contribution in [0.5, 0.6) is 0 Å². The Balaban J connectivity index is 1.87. The van der Waals surface area contributed by atoms with Gasteiger partial charge in [0.05, 0.1) is 6.21 Å². The standard InChI is InChI=1S/C13H17N7O/c1-9(2)11-5-3-10(4-6-11)7-15-16-12(21)8-20-13(14)17-18-19-20/h3-7,9H,8H2,1-2H3,(H,16,21)(H2,14,17,19). The molecular weight excluding hydrogens is 270 g/mol. The molecule has 2 rings (SSSR count). The van der Waals surface area contributed by atoms with Gasteiger partial charge in [-0.3, -0.25) is 4.79 Å². The Labute approximate surface area is 122 Å². The van der Waals surface area contributed by atoms with Crippen molar-refractivity contribution in [3.63, 3.8) is 0 Å². The zero-order chi connectivity index (χ0) is 15.2. The van der Waals surface area contributed by atoms with Crippen LogP contribution in [0.25, 0.3) is 0 Å². The fraction of sp³-hybridized carbons (Fsp3) is 0.308. The third-order valence-corrected chi connectivity index (χ3v) is 2.86. The maximum absolute atomic E-state index is 11.6. The molecule has 0 saturated heterocycles. The molecule has 0 radical (unpaired) electrons. The van der Waals surface area contributed by atoms with E-state index >= 15 is 0 Å². The van der Waals surface area contributed by atoms with Gasteiger partial charge in [-0.2, -0.15) is 5.10 Å². The average Bonchev–Trinajstić information content (AvgIpc) is 2.85. The van der Waals surface area contributed by atoms with Crippen molar-refractivity contribution in [2.75, 3.05) is 5.73 Å².